The molecule has 1 aromatic rings. The Morgan fingerprint density at radius 2 is 1.56 bits per heavy atom. The standard InChI is InChI=1S/C23H38O3S/c1-4-5-6-7-8-9-10-11-12-13-14-18-26-19(2)20-16-15-17-21(22(20)24)23(25)27-3/h15-17,19,24H,4-14,18H2,1-3H3/t19-/m0/s1. The van der Waals surface area contributed by atoms with Crippen molar-refractivity contribution in [3.8, 4) is 5.75 Å². The lowest BCUT2D eigenvalue weighted by atomic mass is 10.1. The van der Waals surface area contributed by atoms with Crippen LogP contribution in [0.4, 0.5) is 0 Å². The Kier molecular flexibility index (Phi) is 13.3. The Morgan fingerprint density at radius 1 is 1.00 bits per heavy atom. The van der Waals surface area contributed by atoms with Crippen LogP contribution in [-0.2, 0) is 4.74 Å². The summed E-state index contributed by atoms with van der Waals surface area (Å²) >= 11 is 1.11. The monoisotopic (exact) mass is 394 g/mol. The highest BCUT2D eigenvalue weighted by molar-refractivity contribution is 8.13. The first-order chi connectivity index (χ1) is 13.1. The van der Waals surface area contributed by atoms with Crippen LogP contribution >= 0.6 is 11.8 Å². The van der Waals surface area contributed by atoms with Crippen molar-refractivity contribution in [3.05, 3.63) is 29.3 Å². The average molecular weight is 395 g/mol. The summed E-state index contributed by atoms with van der Waals surface area (Å²) in [6.45, 7) is 4.89. The topological polar surface area (TPSA) is 46.5 Å². The van der Waals surface area contributed by atoms with Crippen molar-refractivity contribution in [2.24, 2.45) is 0 Å². The fraction of sp³-hybridized carbons (Fsp3) is 0.696. The number of ether oxygens (including phenoxy) is 1. The number of para-hydroxylation sites is 1. The van der Waals surface area contributed by atoms with Gasteiger partial charge in [-0.15, -0.1) is 0 Å². The third-order valence-corrected chi connectivity index (χ3v) is 5.62. The Hall–Kier alpha value is -1.00. The number of hydrogen-bond acceptors (Lipinski definition) is 4. The lowest BCUT2D eigenvalue weighted by Crippen LogP contribution is -2.04. The van der Waals surface area contributed by atoms with Crippen LogP contribution in [0.3, 0.4) is 0 Å². The van der Waals surface area contributed by atoms with Gasteiger partial charge in [0.1, 0.15) is 5.75 Å². The van der Waals surface area contributed by atoms with Gasteiger partial charge in [-0.3, -0.25) is 4.79 Å². The fourth-order valence-corrected chi connectivity index (χ4v) is 3.66. The van der Waals surface area contributed by atoms with Gasteiger partial charge in [-0.05, 0) is 25.7 Å². The molecule has 0 heterocycles. The lowest BCUT2D eigenvalue weighted by molar-refractivity contribution is 0.0610. The number of phenolic OH excluding ortho intramolecular Hbond substituents is 1. The fourth-order valence-electron chi connectivity index (χ4n) is 3.28. The summed E-state index contributed by atoms with van der Waals surface area (Å²) in [7, 11) is 0. The molecule has 0 radical (unpaired) electrons. The highest BCUT2D eigenvalue weighted by Gasteiger charge is 2.17. The molecule has 0 aliphatic heterocycles. The van der Waals surface area contributed by atoms with Crippen LogP contribution in [-0.4, -0.2) is 23.1 Å². The third-order valence-electron chi connectivity index (χ3n) is 5.03. The van der Waals surface area contributed by atoms with Crippen LogP contribution in [0.25, 0.3) is 0 Å². The maximum absolute atomic E-state index is 11.8. The van der Waals surface area contributed by atoms with E-state index in [0.717, 1.165) is 18.2 Å². The molecule has 0 bridgehead atoms. The molecule has 27 heavy (non-hydrogen) atoms. The summed E-state index contributed by atoms with van der Waals surface area (Å²) in [5.74, 6) is 0.0586. The largest absolute Gasteiger partial charge is 0.507 e. The number of rotatable bonds is 15. The Morgan fingerprint density at radius 3 is 2.11 bits per heavy atom. The van der Waals surface area contributed by atoms with Crippen molar-refractivity contribution in [3.63, 3.8) is 0 Å². The molecule has 0 saturated carbocycles. The zero-order valence-corrected chi connectivity index (χ0v) is 18.3. The normalized spacial score (nSPS) is 12.3. The van der Waals surface area contributed by atoms with Crippen LogP contribution in [0.2, 0.25) is 0 Å². The predicted molar refractivity (Wildman–Crippen MR) is 117 cm³/mol. The van der Waals surface area contributed by atoms with E-state index in [4.69, 9.17) is 4.74 Å². The minimum Gasteiger partial charge on any atom is -0.507 e. The number of aromatic hydroxyl groups is 1. The smallest absolute Gasteiger partial charge is 0.222 e. The van der Waals surface area contributed by atoms with Crippen LogP contribution in [0.15, 0.2) is 18.2 Å². The lowest BCUT2D eigenvalue weighted by Gasteiger charge is -2.16. The molecule has 0 saturated heterocycles. The number of unbranched alkanes of at least 4 members (excludes halogenated alkanes) is 10. The van der Waals surface area contributed by atoms with E-state index in [1.165, 1.54) is 64.2 Å². The number of benzene rings is 1. The maximum Gasteiger partial charge on any atom is 0.222 e. The summed E-state index contributed by atoms with van der Waals surface area (Å²) < 4.78 is 5.88. The molecule has 0 aliphatic rings. The molecular formula is C23H38O3S. The third kappa shape index (κ3) is 9.66. The second-order valence-electron chi connectivity index (χ2n) is 7.28. The first-order valence-corrected chi connectivity index (χ1v) is 11.9. The summed E-state index contributed by atoms with van der Waals surface area (Å²) in [5, 5.41) is 10.2. The number of thioether (sulfide) groups is 1. The van der Waals surface area contributed by atoms with E-state index >= 15 is 0 Å². The first kappa shape index (κ1) is 24.0. The van der Waals surface area contributed by atoms with E-state index in [2.05, 4.69) is 6.92 Å². The average Bonchev–Trinajstić information content (AvgIpc) is 2.68. The second kappa shape index (κ2) is 15.0. The molecule has 0 aromatic heterocycles. The van der Waals surface area contributed by atoms with Gasteiger partial charge in [0, 0.05) is 12.2 Å². The van der Waals surface area contributed by atoms with E-state index in [9.17, 15) is 9.90 Å². The molecule has 0 fully saturated rings. The van der Waals surface area contributed by atoms with Gasteiger partial charge in [-0.2, -0.15) is 0 Å². The van der Waals surface area contributed by atoms with Gasteiger partial charge in [0.2, 0.25) is 5.12 Å². The van der Waals surface area contributed by atoms with E-state index in [1.807, 2.05) is 13.0 Å². The zero-order chi connectivity index (χ0) is 19.9. The molecule has 154 valence electrons. The van der Waals surface area contributed by atoms with E-state index in [-0.39, 0.29) is 17.0 Å². The molecule has 4 heteroatoms. The Labute approximate surface area is 170 Å². The van der Waals surface area contributed by atoms with Gasteiger partial charge in [0.15, 0.2) is 0 Å². The summed E-state index contributed by atoms with van der Waals surface area (Å²) in [6, 6.07) is 5.30. The summed E-state index contributed by atoms with van der Waals surface area (Å²) in [4.78, 5) is 11.8. The number of phenols is 1. The quantitative estimate of drug-likeness (QED) is 0.317. The first-order valence-electron chi connectivity index (χ1n) is 10.6. The summed E-state index contributed by atoms with van der Waals surface area (Å²) in [6.07, 6.45) is 16.0. The molecular weight excluding hydrogens is 356 g/mol. The van der Waals surface area contributed by atoms with Gasteiger partial charge < -0.3 is 9.84 Å². The van der Waals surface area contributed by atoms with Crippen molar-refractivity contribution < 1.29 is 14.6 Å². The second-order valence-corrected chi connectivity index (χ2v) is 8.06. The minimum absolute atomic E-state index is 0.0586. The van der Waals surface area contributed by atoms with Gasteiger partial charge in [0.05, 0.1) is 11.7 Å². The molecule has 1 rings (SSSR count). The minimum atomic E-state index is -0.206. The van der Waals surface area contributed by atoms with Crippen LogP contribution in [0.5, 0.6) is 5.75 Å². The van der Waals surface area contributed by atoms with Gasteiger partial charge >= 0.3 is 0 Å². The van der Waals surface area contributed by atoms with Crippen molar-refractivity contribution in [1.29, 1.82) is 0 Å². The van der Waals surface area contributed by atoms with Crippen LogP contribution < -0.4 is 0 Å². The molecule has 3 nitrogen and oxygen atoms in total. The molecule has 0 unspecified atom stereocenters. The Bertz CT molecular complexity index is 530. The van der Waals surface area contributed by atoms with Crippen LogP contribution in [0, 0.1) is 0 Å². The van der Waals surface area contributed by atoms with Gasteiger partial charge in [-0.25, -0.2) is 0 Å². The highest BCUT2D eigenvalue weighted by atomic mass is 32.2. The van der Waals surface area contributed by atoms with Gasteiger partial charge in [0.25, 0.3) is 0 Å². The molecule has 1 atom stereocenters. The highest BCUT2D eigenvalue weighted by Crippen LogP contribution is 2.31. The molecule has 1 aromatic carbocycles. The predicted octanol–water partition coefficient (Wildman–Crippen LogP) is 7.28. The maximum atomic E-state index is 11.8. The number of carbonyl (C=O) groups excluding carboxylic acids is 1. The van der Waals surface area contributed by atoms with Crippen LogP contribution in [0.1, 0.15) is 107 Å². The molecule has 1 N–H and O–H groups in total. The van der Waals surface area contributed by atoms with Gasteiger partial charge in [-0.1, -0.05) is 95.0 Å². The molecule has 0 amide bonds. The van der Waals surface area contributed by atoms with Crippen molar-refractivity contribution in [2.45, 2.75) is 90.6 Å². The number of hydrogen-bond donors (Lipinski definition) is 1. The van der Waals surface area contributed by atoms with E-state index < -0.39 is 0 Å². The van der Waals surface area contributed by atoms with E-state index in [0.29, 0.717) is 17.7 Å². The van der Waals surface area contributed by atoms with Crippen molar-refractivity contribution in [1.82, 2.24) is 0 Å². The van der Waals surface area contributed by atoms with Crippen molar-refractivity contribution in [2.75, 3.05) is 12.9 Å². The van der Waals surface area contributed by atoms with E-state index in [1.54, 1.807) is 18.4 Å². The summed E-state index contributed by atoms with van der Waals surface area (Å²) in [5.41, 5.74) is 1.06. The molecule has 0 spiro atoms. The molecule has 0 aliphatic carbocycles. The van der Waals surface area contributed by atoms with Crippen molar-refractivity contribution >= 4 is 16.9 Å². The number of carbonyl (C=O) groups is 1. The Balaban J connectivity index is 2.14. The zero-order valence-electron chi connectivity index (χ0n) is 17.5. The SMILES string of the molecule is CCCCCCCCCCCCCO[C@@H](C)c1cccc(C(=O)SC)c1O.